The number of benzene rings is 2. The summed E-state index contributed by atoms with van der Waals surface area (Å²) in [5.74, 6) is 2.04. The van der Waals surface area contributed by atoms with Crippen LogP contribution in [0.5, 0.6) is 17.4 Å². The molecule has 4 rings (SSSR count). The van der Waals surface area contributed by atoms with Crippen LogP contribution in [0.15, 0.2) is 54.6 Å². The maximum atomic E-state index is 10.7. The third-order valence-corrected chi connectivity index (χ3v) is 6.24. The van der Waals surface area contributed by atoms with Gasteiger partial charge in [-0.3, -0.25) is 4.90 Å². The predicted octanol–water partition coefficient (Wildman–Crippen LogP) is 4.27. The number of aliphatic hydroxyl groups excluding tert-OH is 1. The Kier molecular flexibility index (Phi) is 9.35. The van der Waals surface area contributed by atoms with Crippen LogP contribution in [0.3, 0.4) is 0 Å². The van der Waals surface area contributed by atoms with E-state index in [0.717, 1.165) is 42.0 Å². The Bertz CT molecular complexity index is 1080. The van der Waals surface area contributed by atoms with E-state index in [2.05, 4.69) is 17.0 Å². The Hall–Kier alpha value is -2.91. The Labute approximate surface area is 213 Å². The van der Waals surface area contributed by atoms with Gasteiger partial charge in [0.05, 0.1) is 31.5 Å². The van der Waals surface area contributed by atoms with E-state index in [4.69, 9.17) is 24.0 Å². The lowest BCUT2D eigenvalue weighted by molar-refractivity contribution is 0.00505. The van der Waals surface area contributed by atoms with Crippen molar-refractivity contribution in [1.29, 1.82) is 0 Å². The third-order valence-electron chi connectivity index (χ3n) is 6.24. The highest BCUT2D eigenvalue weighted by Crippen LogP contribution is 2.35. The highest BCUT2D eigenvalue weighted by atomic mass is 16.5. The van der Waals surface area contributed by atoms with Crippen LogP contribution in [0.1, 0.15) is 25.3 Å². The fourth-order valence-electron chi connectivity index (χ4n) is 4.54. The van der Waals surface area contributed by atoms with Crippen molar-refractivity contribution in [1.82, 2.24) is 14.7 Å². The summed E-state index contributed by atoms with van der Waals surface area (Å²) in [6.07, 6.45) is 1.62. The Morgan fingerprint density at radius 1 is 1.17 bits per heavy atom. The van der Waals surface area contributed by atoms with Crippen LogP contribution in [0.2, 0.25) is 0 Å². The maximum Gasteiger partial charge on any atom is 0.222 e. The molecule has 1 saturated heterocycles. The van der Waals surface area contributed by atoms with Gasteiger partial charge < -0.3 is 24.1 Å². The van der Waals surface area contributed by atoms with Crippen LogP contribution in [-0.4, -0.2) is 72.0 Å². The summed E-state index contributed by atoms with van der Waals surface area (Å²) in [4.78, 5) is 2.22. The molecule has 1 aliphatic heterocycles. The smallest absolute Gasteiger partial charge is 0.222 e. The van der Waals surface area contributed by atoms with E-state index in [9.17, 15) is 5.11 Å². The average Bonchev–Trinajstić information content (AvgIpc) is 3.51. The summed E-state index contributed by atoms with van der Waals surface area (Å²) >= 11 is 0. The molecule has 1 fully saturated rings. The number of aryl methyl sites for hydroxylation is 1. The van der Waals surface area contributed by atoms with Crippen LogP contribution < -0.4 is 9.47 Å². The third kappa shape index (κ3) is 6.85. The second kappa shape index (κ2) is 12.9. The van der Waals surface area contributed by atoms with E-state index < -0.39 is 6.10 Å². The standard InChI is InChI=1S/C28H37N3O5/c1-4-34-20-22(32)17-31(18-25-14-9-15-35-25)19-26-27(21-10-6-5-7-11-21)29-30(2)28(26)36-24-13-8-12-23(16-24)33-3/h5-8,10-13,16,22,25,32H,4,9,14-15,17-20H2,1-3H3/t22-,25+/m1/s1. The summed E-state index contributed by atoms with van der Waals surface area (Å²) in [6, 6.07) is 17.6. The lowest BCUT2D eigenvalue weighted by Crippen LogP contribution is -2.39. The normalized spacial score (nSPS) is 16.4. The van der Waals surface area contributed by atoms with Gasteiger partial charge in [0.2, 0.25) is 5.88 Å². The van der Waals surface area contributed by atoms with Gasteiger partial charge in [-0.05, 0) is 31.9 Å². The molecule has 2 atom stereocenters. The fourth-order valence-corrected chi connectivity index (χ4v) is 4.54. The van der Waals surface area contributed by atoms with Gasteiger partial charge in [-0.15, -0.1) is 0 Å². The molecular formula is C28H37N3O5. The zero-order chi connectivity index (χ0) is 25.3. The molecular weight excluding hydrogens is 458 g/mol. The Morgan fingerprint density at radius 2 is 1.97 bits per heavy atom. The molecule has 0 spiro atoms. The molecule has 1 N–H and O–H groups in total. The van der Waals surface area contributed by atoms with Crippen LogP contribution in [0.25, 0.3) is 11.3 Å². The van der Waals surface area contributed by atoms with E-state index in [1.54, 1.807) is 11.8 Å². The molecule has 3 aromatic rings. The molecule has 2 aromatic carbocycles. The molecule has 0 unspecified atom stereocenters. The molecule has 0 radical (unpaired) electrons. The zero-order valence-electron chi connectivity index (χ0n) is 21.4. The SMILES string of the molecule is CCOC[C@H](O)CN(Cc1c(-c2ccccc2)nn(C)c1Oc1cccc(OC)c1)C[C@@H]1CCCO1. The second-order valence-corrected chi connectivity index (χ2v) is 9.05. The van der Waals surface area contributed by atoms with Gasteiger partial charge in [-0.2, -0.15) is 5.10 Å². The molecule has 36 heavy (non-hydrogen) atoms. The number of hydrogen-bond acceptors (Lipinski definition) is 7. The maximum absolute atomic E-state index is 10.7. The van der Waals surface area contributed by atoms with Crippen molar-refractivity contribution in [3.8, 4) is 28.6 Å². The number of rotatable bonds is 13. The van der Waals surface area contributed by atoms with Gasteiger partial charge in [0.25, 0.3) is 0 Å². The lowest BCUT2D eigenvalue weighted by Gasteiger charge is -2.27. The summed E-state index contributed by atoms with van der Waals surface area (Å²) in [5.41, 5.74) is 2.82. The molecule has 0 bridgehead atoms. The van der Waals surface area contributed by atoms with Crippen molar-refractivity contribution in [2.24, 2.45) is 7.05 Å². The molecule has 194 valence electrons. The van der Waals surface area contributed by atoms with Crippen LogP contribution in [-0.2, 0) is 23.1 Å². The molecule has 1 aromatic heterocycles. The monoisotopic (exact) mass is 495 g/mol. The van der Waals surface area contributed by atoms with Crippen molar-refractivity contribution < 1.29 is 24.1 Å². The summed E-state index contributed by atoms with van der Waals surface area (Å²) < 4.78 is 25.0. The highest BCUT2D eigenvalue weighted by molar-refractivity contribution is 5.65. The number of hydrogen-bond donors (Lipinski definition) is 1. The molecule has 8 nitrogen and oxygen atoms in total. The molecule has 8 heteroatoms. The second-order valence-electron chi connectivity index (χ2n) is 9.05. The number of nitrogens with zero attached hydrogens (tertiary/aromatic N) is 3. The van der Waals surface area contributed by atoms with Crippen molar-refractivity contribution in [3.63, 3.8) is 0 Å². The number of aliphatic hydroxyl groups is 1. The van der Waals surface area contributed by atoms with E-state index in [-0.39, 0.29) is 6.10 Å². The van der Waals surface area contributed by atoms with Gasteiger partial charge in [-0.25, -0.2) is 4.68 Å². The van der Waals surface area contributed by atoms with Crippen molar-refractivity contribution >= 4 is 0 Å². The average molecular weight is 496 g/mol. The molecule has 1 aliphatic rings. The van der Waals surface area contributed by atoms with Crippen LogP contribution in [0, 0.1) is 0 Å². The first-order valence-corrected chi connectivity index (χ1v) is 12.6. The van der Waals surface area contributed by atoms with E-state index in [1.165, 1.54) is 0 Å². The van der Waals surface area contributed by atoms with Crippen molar-refractivity contribution in [2.75, 3.05) is 40.0 Å². The fraction of sp³-hybridized carbons (Fsp3) is 0.464. The van der Waals surface area contributed by atoms with Crippen LogP contribution in [0.4, 0.5) is 0 Å². The zero-order valence-corrected chi connectivity index (χ0v) is 21.4. The number of methoxy groups -OCH3 is 1. The minimum atomic E-state index is -0.606. The first-order chi connectivity index (χ1) is 17.6. The first kappa shape index (κ1) is 26.2. The van der Waals surface area contributed by atoms with Gasteiger partial charge in [-0.1, -0.05) is 36.4 Å². The van der Waals surface area contributed by atoms with Gasteiger partial charge in [0, 0.05) is 51.5 Å². The Balaban J connectivity index is 1.67. The summed E-state index contributed by atoms with van der Waals surface area (Å²) in [6.45, 7) is 5.30. The van der Waals surface area contributed by atoms with Gasteiger partial charge in [0.15, 0.2) is 0 Å². The van der Waals surface area contributed by atoms with Crippen molar-refractivity contribution in [3.05, 3.63) is 60.2 Å². The minimum Gasteiger partial charge on any atom is -0.497 e. The van der Waals surface area contributed by atoms with E-state index >= 15 is 0 Å². The minimum absolute atomic E-state index is 0.142. The van der Waals surface area contributed by atoms with E-state index in [0.29, 0.717) is 44.5 Å². The molecule has 0 saturated carbocycles. The highest BCUT2D eigenvalue weighted by Gasteiger charge is 2.26. The summed E-state index contributed by atoms with van der Waals surface area (Å²) in [7, 11) is 3.53. The van der Waals surface area contributed by atoms with Crippen molar-refractivity contribution in [2.45, 2.75) is 38.5 Å². The van der Waals surface area contributed by atoms with E-state index in [1.807, 2.05) is 56.4 Å². The quantitative estimate of drug-likeness (QED) is 0.379. The largest absolute Gasteiger partial charge is 0.497 e. The van der Waals surface area contributed by atoms with Crippen LogP contribution >= 0.6 is 0 Å². The molecule has 2 heterocycles. The number of aromatic nitrogens is 2. The lowest BCUT2D eigenvalue weighted by atomic mass is 10.1. The van der Waals surface area contributed by atoms with Gasteiger partial charge in [0.1, 0.15) is 17.2 Å². The Morgan fingerprint density at radius 3 is 2.69 bits per heavy atom. The molecule has 0 aliphatic carbocycles. The van der Waals surface area contributed by atoms with Gasteiger partial charge >= 0.3 is 0 Å². The topological polar surface area (TPSA) is 78.2 Å². The molecule has 0 amide bonds. The predicted molar refractivity (Wildman–Crippen MR) is 138 cm³/mol. The number of ether oxygens (including phenoxy) is 4. The summed E-state index contributed by atoms with van der Waals surface area (Å²) in [5, 5.41) is 15.5. The first-order valence-electron chi connectivity index (χ1n) is 12.6.